The van der Waals surface area contributed by atoms with Gasteiger partial charge in [-0.1, -0.05) is 38.3 Å². The third kappa shape index (κ3) is 7.88. The average Bonchev–Trinajstić information content (AvgIpc) is 3.41. The number of aromatic nitrogens is 4. The molecule has 1 aliphatic rings. The third-order valence-corrected chi connectivity index (χ3v) is 11.1. The Morgan fingerprint density at radius 3 is 2.45 bits per heavy atom. The summed E-state index contributed by atoms with van der Waals surface area (Å²) in [6.45, 7) is 2.18. The van der Waals surface area contributed by atoms with Gasteiger partial charge in [0.05, 0.1) is 12.4 Å². The Kier molecular flexibility index (Phi) is 10.0. The number of ether oxygens (including phenoxy) is 1. The van der Waals surface area contributed by atoms with Crippen LogP contribution in [0.3, 0.4) is 0 Å². The number of anilines is 2. The third-order valence-electron chi connectivity index (χ3n) is 6.71. The molecule has 3 heterocycles. The van der Waals surface area contributed by atoms with E-state index in [4.69, 9.17) is 26.1 Å². The Morgan fingerprint density at radius 1 is 1.05 bits per heavy atom. The van der Waals surface area contributed by atoms with Gasteiger partial charge in [0.2, 0.25) is 12.7 Å². The summed E-state index contributed by atoms with van der Waals surface area (Å²) in [6, 6.07) is 7.96. The molecule has 0 saturated carbocycles. The van der Waals surface area contributed by atoms with Gasteiger partial charge in [-0.2, -0.15) is 9.97 Å². The molecule has 1 aliphatic heterocycles. The first-order valence-electron chi connectivity index (χ1n) is 13.0. The molecule has 40 heavy (non-hydrogen) atoms. The number of halogens is 1. The molecular formula is C24H34ClN5O8P2. The summed E-state index contributed by atoms with van der Waals surface area (Å²) >= 11 is 6.20. The van der Waals surface area contributed by atoms with Gasteiger partial charge in [0, 0.05) is 11.8 Å². The minimum Gasteiger partial charge on any atom is -0.388 e. The maximum Gasteiger partial charge on any atom is 0.335 e. The summed E-state index contributed by atoms with van der Waals surface area (Å²) in [5.74, 6) is -0.846. The Labute approximate surface area is 236 Å². The molecule has 0 amide bonds. The zero-order chi connectivity index (χ0) is 29.1. The summed E-state index contributed by atoms with van der Waals surface area (Å²) in [5, 5.41) is 24.3. The van der Waals surface area contributed by atoms with E-state index in [1.807, 2.05) is 24.3 Å². The summed E-state index contributed by atoms with van der Waals surface area (Å²) in [7, 11) is -8.90. The smallest absolute Gasteiger partial charge is 0.335 e. The van der Waals surface area contributed by atoms with Gasteiger partial charge in [-0.25, -0.2) is 4.98 Å². The number of imidazole rings is 1. The normalized spacial score (nSPS) is 23.0. The van der Waals surface area contributed by atoms with E-state index in [1.165, 1.54) is 35.7 Å². The molecule has 0 spiro atoms. The fraction of sp³-hybridized carbons (Fsp3) is 0.542. The number of hydrogen-bond donors (Lipinski definition) is 6. The molecule has 16 heteroatoms. The van der Waals surface area contributed by atoms with Gasteiger partial charge >= 0.3 is 7.60 Å². The molecule has 1 saturated heterocycles. The van der Waals surface area contributed by atoms with Crippen LogP contribution in [0.15, 0.2) is 30.6 Å². The Morgan fingerprint density at radius 2 is 1.77 bits per heavy atom. The molecule has 5 atom stereocenters. The molecule has 13 nitrogen and oxygen atoms in total. The second-order valence-electron chi connectivity index (χ2n) is 10.0. The highest BCUT2D eigenvalue weighted by atomic mass is 35.5. The predicted molar refractivity (Wildman–Crippen MR) is 150 cm³/mol. The molecule has 220 valence electrons. The molecule has 4 rings (SSSR count). The first kappa shape index (κ1) is 31.0. The Balaban J connectivity index is 1.48. The van der Waals surface area contributed by atoms with Crippen molar-refractivity contribution in [2.24, 2.45) is 0 Å². The SMILES string of the molecule is CCCCCCc1ccc(Nc2nc(Cl)nc3c2ncn3[C@@H]2O[C@H](CCP(=O)(O)CP(=O)(O)O)C(O)C2O)cc1. The lowest BCUT2D eigenvalue weighted by molar-refractivity contribution is -0.0354. The van der Waals surface area contributed by atoms with Crippen molar-refractivity contribution in [3.8, 4) is 0 Å². The lowest BCUT2D eigenvalue weighted by Gasteiger charge is -2.18. The van der Waals surface area contributed by atoms with Gasteiger partial charge in [-0.15, -0.1) is 0 Å². The molecule has 2 aromatic heterocycles. The number of rotatable bonds is 13. The van der Waals surface area contributed by atoms with Gasteiger partial charge < -0.3 is 34.9 Å². The number of aliphatic hydroxyl groups is 2. The number of unbranched alkanes of at least 4 members (excludes halogenated alkanes) is 3. The van der Waals surface area contributed by atoms with E-state index < -0.39 is 51.6 Å². The minimum absolute atomic E-state index is 0.0902. The fourth-order valence-electron chi connectivity index (χ4n) is 4.70. The van der Waals surface area contributed by atoms with E-state index in [0.717, 1.165) is 18.5 Å². The van der Waals surface area contributed by atoms with Crippen molar-refractivity contribution in [1.82, 2.24) is 19.5 Å². The van der Waals surface area contributed by atoms with E-state index in [-0.39, 0.29) is 17.4 Å². The number of aryl methyl sites for hydroxylation is 1. The van der Waals surface area contributed by atoms with Crippen LogP contribution in [0.5, 0.6) is 0 Å². The van der Waals surface area contributed by atoms with Crippen molar-refractivity contribution in [3.63, 3.8) is 0 Å². The van der Waals surface area contributed by atoms with Gasteiger partial charge in [-0.3, -0.25) is 13.7 Å². The van der Waals surface area contributed by atoms with Crippen LogP contribution in [0, 0.1) is 0 Å². The number of nitrogens with zero attached hydrogens (tertiary/aromatic N) is 4. The molecular weight excluding hydrogens is 584 g/mol. The molecule has 6 N–H and O–H groups in total. The monoisotopic (exact) mass is 617 g/mol. The zero-order valence-corrected chi connectivity index (χ0v) is 24.4. The maximum absolute atomic E-state index is 12.2. The van der Waals surface area contributed by atoms with E-state index in [2.05, 4.69) is 27.2 Å². The van der Waals surface area contributed by atoms with Crippen LogP contribution in [0.1, 0.15) is 50.8 Å². The van der Waals surface area contributed by atoms with Crippen LogP contribution < -0.4 is 5.32 Å². The topological polar surface area (TPSA) is 200 Å². The number of hydrogen-bond acceptors (Lipinski definition) is 9. The summed E-state index contributed by atoms with van der Waals surface area (Å²) in [4.78, 5) is 40.8. The minimum atomic E-state index is -4.71. The number of aliphatic hydroxyl groups excluding tert-OH is 2. The highest BCUT2D eigenvalue weighted by Gasteiger charge is 2.45. The molecule has 0 aliphatic carbocycles. The first-order valence-corrected chi connectivity index (χ1v) is 17.2. The fourth-order valence-corrected chi connectivity index (χ4v) is 8.39. The number of fused-ring (bicyclic) bond motifs is 1. The molecule has 0 radical (unpaired) electrons. The van der Waals surface area contributed by atoms with Gasteiger partial charge in [0.25, 0.3) is 0 Å². The molecule has 1 aromatic carbocycles. The van der Waals surface area contributed by atoms with Crippen LogP contribution in [-0.4, -0.2) is 74.8 Å². The largest absolute Gasteiger partial charge is 0.388 e. The average molecular weight is 618 g/mol. The second kappa shape index (κ2) is 12.9. The van der Waals surface area contributed by atoms with Crippen molar-refractivity contribution in [2.75, 3.05) is 17.4 Å². The van der Waals surface area contributed by atoms with Crippen molar-refractivity contribution in [2.45, 2.75) is 70.0 Å². The highest BCUT2D eigenvalue weighted by Crippen LogP contribution is 2.55. The quantitative estimate of drug-likeness (QED) is 0.0923. The van der Waals surface area contributed by atoms with Crippen LogP contribution in [0.25, 0.3) is 11.2 Å². The molecule has 3 aromatic rings. The van der Waals surface area contributed by atoms with Crippen molar-refractivity contribution in [1.29, 1.82) is 0 Å². The van der Waals surface area contributed by atoms with E-state index >= 15 is 0 Å². The standard InChI is InChI=1S/C24H34ClN5O8P2/c1-2-3-4-5-6-15-7-9-16(10-8-15)27-21-18-22(29-24(25)28-21)30(13-26-18)23-20(32)19(31)17(38-23)11-12-39(33,34)14-40(35,36)37/h7-10,13,17,19-20,23,31-32H,2-6,11-12,14H2,1H3,(H,33,34)(H,27,28,29)(H2,35,36,37)/t17-,19?,20?,23-/m1/s1. The summed E-state index contributed by atoms with van der Waals surface area (Å²) in [5.41, 5.74) is 2.56. The van der Waals surface area contributed by atoms with Crippen LogP contribution >= 0.6 is 26.6 Å². The number of nitrogens with one attached hydrogen (secondary N) is 1. The molecule has 0 bridgehead atoms. The van der Waals surface area contributed by atoms with Crippen LogP contribution in [0.2, 0.25) is 5.28 Å². The summed E-state index contributed by atoms with van der Waals surface area (Å²) in [6.07, 6.45) is 1.27. The Hall–Kier alpha value is -1.92. The van der Waals surface area contributed by atoms with Crippen molar-refractivity contribution in [3.05, 3.63) is 41.4 Å². The van der Waals surface area contributed by atoms with E-state index in [1.54, 1.807) is 0 Å². The van der Waals surface area contributed by atoms with Gasteiger partial charge in [-0.05, 0) is 48.6 Å². The van der Waals surface area contributed by atoms with Gasteiger partial charge in [0.15, 0.2) is 23.2 Å². The number of benzene rings is 1. The maximum atomic E-state index is 12.2. The lowest BCUT2D eigenvalue weighted by Crippen LogP contribution is -2.32. The summed E-state index contributed by atoms with van der Waals surface area (Å²) < 4.78 is 30.5. The van der Waals surface area contributed by atoms with Crippen molar-refractivity contribution >= 4 is 49.2 Å². The van der Waals surface area contributed by atoms with Gasteiger partial charge in [0.1, 0.15) is 18.1 Å². The first-order chi connectivity index (χ1) is 18.9. The van der Waals surface area contributed by atoms with Crippen LogP contribution in [-0.2, 0) is 20.3 Å². The van der Waals surface area contributed by atoms with Crippen molar-refractivity contribution < 1.29 is 38.8 Å². The van der Waals surface area contributed by atoms with E-state index in [0.29, 0.717) is 11.3 Å². The molecule has 3 unspecified atom stereocenters. The Bertz CT molecular complexity index is 1400. The lowest BCUT2D eigenvalue weighted by atomic mass is 10.1. The molecule has 1 fully saturated rings. The zero-order valence-electron chi connectivity index (χ0n) is 21.9. The van der Waals surface area contributed by atoms with Crippen LogP contribution in [0.4, 0.5) is 11.5 Å². The second-order valence-corrected chi connectivity index (χ2v) is 14.9. The predicted octanol–water partition coefficient (Wildman–Crippen LogP) is 3.76. The highest BCUT2D eigenvalue weighted by molar-refractivity contribution is 7.72. The van der Waals surface area contributed by atoms with E-state index in [9.17, 15) is 24.2 Å².